The molecule has 2 unspecified atom stereocenters. The van der Waals surface area contributed by atoms with Gasteiger partial charge in [0.05, 0.1) is 6.42 Å². The highest BCUT2D eigenvalue weighted by Gasteiger charge is 2.23. The molecule has 0 radical (unpaired) electrons. The van der Waals surface area contributed by atoms with E-state index in [2.05, 4.69) is 30.5 Å². The zero-order valence-corrected chi connectivity index (χ0v) is 12.2. The summed E-state index contributed by atoms with van der Waals surface area (Å²) in [4.78, 5) is 13.2. The summed E-state index contributed by atoms with van der Waals surface area (Å²) in [6, 6.07) is 10.1. The zero-order valence-electron chi connectivity index (χ0n) is 12.2. The first-order valence-corrected chi connectivity index (χ1v) is 6.86. The lowest BCUT2D eigenvalue weighted by Crippen LogP contribution is -2.37. The first-order chi connectivity index (χ1) is 9.60. The maximum absolute atomic E-state index is 11.1. The Hall–Kier alpha value is -1.87. The van der Waals surface area contributed by atoms with E-state index in [9.17, 15) is 4.79 Å². The average molecular weight is 273 g/mol. The fourth-order valence-electron chi connectivity index (χ4n) is 2.35. The van der Waals surface area contributed by atoms with Crippen molar-refractivity contribution in [3.8, 4) is 0 Å². The van der Waals surface area contributed by atoms with Gasteiger partial charge < -0.3 is 5.11 Å². The summed E-state index contributed by atoms with van der Waals surface area (Å²) >= 11 is 0. The minimum atomic E-state index is -0.789. The smallest absolute Gasteiger partial charge is 0.305 e. The van der Waals surface area contributed by atoms with E-state index in [1.54, 1.807) is 0 Å². The summed E-state index contributed by atoms with van der Waals surface area (Å²) in [5.41, 5.74) is 1.18. The minimum absolute atomic E-state index is 0.0926. The van der Waals surface area contributed by atoms with E-state index in [-0.39, 0.29) is 18.5 Å². The van der Waals surface area contributed by atoms with Gasteiger partial charge in [-0.05, 0) is 19.4 Å². The molecule has 3 nitrogen and oxygen atoms in total. The first kappa shape index (κ1) is 16.2. The van der Waals surface area contributed by atoms with Gasteiger partial charge in [-0.2, -0.15) is 0 Å². The van der Waals surface area contributed by atoms with Crippen LogP contribution in [0.2, 0.25) is 0 Å². The summed E-state index contributed by atoms with van der Waals surface area (Å²) in [5.74, 6) is -0.789. The molecule has 0 saturated heterocycles. The van der Waals surface area contributed by atoms with E-state index in [0.717, 1.165) is 0 Å². The number of nitrogens with zero attached hydrogens (tertiary/aromatic N) is 1. The molecule has 1 aromatic rings. The highest BCUT2D eigenvalue weighted by atomic mass is 16.4. The van der Waals surface area contributed by atoms with Crippen LogP contribution in [0.5, 0.6) is 0 Å². The Morgan fingerprint density at radius 2 is 2.05 bits per heavy atom. The molecule has 1 rings (SSSR count). The molecule has 0 amide bonds. The second-order valence-electron chi connectivity index (χ2n) is 4.76. The van der Waals surface area contributed by atoms with Crippen LogP contribution in [0.4, 0.5) is 0 Å². The highest BCUT2D eigenvalue weighted by molar-refractivity contribution is 5.68. The molecule has 0 fully saturated rings. The van der Waals surface area contributed by atoms with Gasteiger partial charge in [0.2, 0.25) is 0 Å². The predicted octanol–water partition coefficient (Wildman–Crippen LogP) is 3.66. The number of hydrogen-bond donors (Lipinski definition) is 1. The van der Waals surface area contributed by atoms with Crippen LogP contribution in [-0.4, -0.2) is 28.6 Å². The van der Waals surface area contributed by atoms with Crippen molar-refractivity contribution >= 4 is 5.97 Å². The van der Waals surface area contributed by atoms with Crippen molar-refractivity contribution in [2.45, 2.75) is 32.4 Å². The lowest BCUT2D eigenvalue weighted by Gasteiger charge is -2.34. The van der Waals surface area contributed by atoms with E-state index < -0.39 is 5.97 Å². The molecular formula is C17H23NO2. The monoisotopic (exact) mass is 273 g/mol. The summed E-state index contributed by atoms with van der Waals surface area (Å²) in [6.45, 7) is 8.44. The van der Waals surface area contributed by atoms with Crippen molar-refractivity contribution in [3.63, 3.8) is 0 Å². The average Bonchev–Trinajstić information content (AvgIpc) is 2.44. The number of carboxylic acid groups (broad SMARTS) is 1. The van der Waals surface area contributed by atoms with E-state index >= 15 is 0 Å². The van der Waals surface area contributed by atoms with Gasteiger partial charge in [-0.3, -0.25) is 9.69 Å². The van der Waals surface area contributed by atoms with E-state index in [1.165, 1.54) is 5.56 Å². The Morgan fingerprint density at radius 3 is 2.55 bits per heavy atom. The molecule has 0 heterocycles. The fourth-order valence-corrected chi connectivity index (χ4v) is 2.35. The summed E-state index contributed by atoms with van der Waals surface area (Å²) in [5, 5.41) is 9.09. The van der Waals surface area contributed by atoms with Crippen LogP contribution in [0.25, 0.3) is 0 Å². The number of benzene rings is 1. The standard InChI is InChI=1S/C17H23NO2/c1-4-9-16(13-17(19)20)18(12-5-2)14(3)15-10-7-6-8-11-15/h4-11,14,16H,2,12-13H2,1,3H3,(H,19,20). The van der Waals surface area contributed by atoms with Crippen LogP contribution in [0.15, 0.2) is 55.1 Å². The Bertz CT molecular complexity index is 453. The number of aliphatic carboxylic acids is 1. The Balaban J connectivity index is 3.00. The number of carboxylic acids is 1. The van der Waals surface area contributed by atoms with Crippen molar-refractivity contribution in [2.75, 3.05) is 6.54 Å². The molecule has 1 aromatic carbocycles. The number of allylic oxidation sites excluding steroid dienone is 1. The van der Waals surface area contributed by atoms with Crippen LogP contribution in [0.3, 0.4) is 0 Å². The van der Waals surface area contributed by atoms with E-state index in [1.807, 2.05) is 43.4 Å². The quantitative estimate of drug-likeness (QED) is 0.735. The summed E-state index contributed by atoms with van der Waals surface area (Å²) < 4.78 is 0. The first-order valence-electron chi connectivity index (χ1n) is 6.86. The van der Waals surface area contributed by atoms with Crippen LogP contribution in [0.1, 0.15) is 31.9 Å². The van der Waals surface area contributed by atoms with Crippen molar-refractivity contribution in [1.82, 2.24) is 4.90 Å². The lowest BCUT2D eigenvalue weighted by atomic mass is 10.0. The minimum Gasteiger partial charge on any atom is -0.481 e. The SMILES string of the molecule is C=CCN(C(C=CC)CC(=O)O)C(C)c1ccccc1. The molecule has 3 heteroatoms. The lowest BCUT2D eigenvalue weighted by molar-refractivity contribution is -0.138. The second-order valence-corrected chi connectivity index (χ2v) is 4.76. The number of rotatable bonds is 8. The summed E-state index contributed by atoms with van der Waals surface area (Å²) in [6.07, 6.45) is 5.76. The number of hydrogen-bond acceptors (Lipinski definition) is 2. The molecule has 0 spiro atoms. The van der Waals surface area contributed by atoms with Crippen molar-refractivity contribution in [3.05, 3.63) is 60.7 Å². The molecule has 108 valence electrons. The second kappa shape index (κ2) is 8.33. The van der Waals surface area contributed by atoms with Gasteiger partial charge in [0.25, 0.3) is 0 Å². The highest BCUT2D eigenvalue weighted by Crippen LogP contribution is 2.24. The Kier molecular flexibility index (Phi) is 6.74. The van der Waals surface area contributed by atoms with Gasteiger partial charge in [-0.1, -0.05) is 48.6 Å². The molecule has 0 aromatic heterocycles. The van der Waals surface area contributed by atoms with Crippen molar-refractivity contribution < 1.29 is 9.90 Å². The third-order valence-corrected chi connectivity index (χ3v) is 3.34. The van der Waals surface area contributed by atoms with Gasteiger partial charge in [0.1, 0.15) is 0 Å². The maximum Gasteiger partial charge on any atom is 0.305 e. The number of carbonyl (C=O) groups is 1. The van der Waals surface area contributed by atoms with Gasteiger partial charge in [0.15, 0.2) is 0 Å². The third kappa shape index (κ3) is 4.67. The molecule has 2 atom stereocenters. The molecule has 0 aliphatic rings. The molecule has 0 aliphatic heterocycles. The topological polar surface area (TPSA) is 40.5 Å². The third-order valence-electron chi connectivity index (χ3n) is 3.34. The zero-order chi connectivity index (χ0) is 15.0. The molecule has 1 N–H and O–H groups in total. The van der Waals surface area contributed by atoms with Crippen LogP contribution in [-0.2, 0) is 4.79 Å². The van der Waals surface area contributed by atoms with Crippen molar-refractivity contribution in [1.29, 1.82) is 0 Å². The van der Waals surface area contributed by atoms with Gasteiger partial charge in [-0.25, -0.2) is 0 Å². The Labute approximate surface area is 121 Å². The molecule has 0 saturated carbocycles. The molecule has 0 bridgehead atoms. The normalized spacial score (nSPS) is 14.3. The molecule has 0 aliphatic carbocycles. The van der Waals surface area contributed by atoms with Crippen LogP contribution in [0, 0.1) is 0 Å². The fraction of sp³-hybridized carbons (Fsp3) is 0.353. The Morgan fingerprint density at radius 1 is 1.40 bits per heavy atom. The largest absolute Gasteiger partial charge is 0.481 e. The van der Waals surface area contributed by atoms with E-state index in [0.29, 0.717) is 6.54 Å². The van der Waals surface area contributed by atoms with E-state index in [4.69, 9.17) is 5.11 Å². The summed E-state index contributed by atoms with van der Waals surface area (Å²) in [7, 11) is 0. The predicted molar refractivity (Wildman–Crippen MR) is 82.6 cm³/mol. The van der Waals surface area contributed by atoms with Crippen LogP contribution < -0.4 is 0 Å². The van der Waals surface area contributed by atoms with Gasteiger partial charge >= 0.3 is 5.97 Å². The molecular weight excluding hydrogens is 250 g/mol. The maximum atomic E-state index is 11.1. The van der Waals surface area contributed by atoms with Crippen LogP contribution >= 0.6 is 0 Å². The van der Waals surface area contributed by atoms with Gasteiger partial charge in [0, 0.05) is 18.6 Å². The van der Waals surface area contributed by atoms with Crippen molar-refractivity contribution in [2.24, 2.45) is 0 Å². The van der Waals surface area contributed by atoms with Gasteiger partial charge in [-0.15, -0.1) is 6.58 Å². The molecule has 20 heavy (non-hydrogen) atoms.